The maximum absolute atomic E-state index is 12.2. The molecular weight excluding hydrogens is 258 g/mol. The fraction of sp³-hybridized carbons (Fsp3) is 0.267. The molecule has 1 saturated heterocycles. The molecule has 3 rings (SSSR count). The summed E-state index contributed by atoms with van der Waals surface area (Å²) >= 11 is 0. The fourth-order valence-corrected chi connectivity index (χ4v) is 2.65. The largest absolute Gasteiger partial charge is 0.508 e. The van der Waals surface area contributed by atoms with E-state index in [0.717, 1.165) is 5.56 Å². The summed E-state index contributed by atoms with van der Waals surface area (Å²) in [6.07, 6.45) is 2.80. The highest BCUT2D eigenvalue weighted by atomic mass is 16.3. The summed E-state index contributed by atoms with van der Waals surface area (Å²) in [5, 5.41) is 11.7. The maximum Gasteiger partial charge on any atom is 0.233 e. The molecule has 5 nitrogen and oxygen atoms in total. The van der Waals surface area contributed by atoms with E-state index in [1.807, 2.05) is 0 Å². The van der Waals surface area contributed by atoms with Crippen LogP contribution in [0.15, 0.2) is 29.8 Å². The second kappa shape index (κ2) is 4.59. The number of carbonyl (C=O) groups excluding carboxylic acids is 3. The average Bonchev–Trinajstić information content (AvgIpc) is 2.69. The maximum atomic E-state index is 12.2. The number of aromatic hydroxyl groups is 1. The Kier molecular flexibility index (Phi) is 2.89. The Morgan fingerprint density at radius 1 is 1.25 bits per heavy atom. The van der Waals surface area contributed by atoms with Crippen molar-refractivity contribution in [1.29, 1.82) is 0 Å². The molecule has 1 unspecified atom stereocenters. The molecule has 1 aliphatic carbocycles. The standard InChI is InChI=1S/C15H13NO4/c17-11-2-3-12-9(7-11)6-10(14(12)19)5-8-1-4-13(18)16-15(8)20/h2-3,5,7-8,17H,1,4,6H2,(H,16,18,20). The second-order valence-electron chi connectivity index (χ2n) is 5.10. The number of phenolic OH excluding ortho intramolecular Hbond substituents is 1. The van der Waals surface area contributed by atoms with E-state index in [-0.39, 0.29) is 23.3 Å². The van der Waals surface area contributed by atoms with Crippen LogP contribution in [0.25, 0.3) is 0 Å². The minimum atomic E-state index is -0.436. The third-order valence-corrected chi connectivity index (χ3v) is 3.69. The van der Waals surface area contributed by atoms with Crippen molar-refractivity contribution in [2.24, 2.45) is 5.92 Å². The summed E-state index contributed by atoms with van der Waals surface area (Å²) < 4.78 is 0. The number of rotatable bonds is 1. The van der Waals surface area contributed by atoms with Gasteiger partial charge in [0.25, 0.3) is 0 Å². The average molecular weight is 271 g/mol. The normalized spacial score (nSPS) is 23.9. The zero-order valence-electron chi connectivity index (χ0n) is 10.7. The SMILES string of the molecule is O=C1CCC(C=C2Cc3cc(O)ccc3C2=O)C(=O)N1. The summed E-state index contributed by atoms with van der Waals surface area (Å²) in [5.74, 6) is -1.03. The highest BCUT2D eigenvalue weighted by Crippen LogP contribution is 2.30. The Morgan fingerprint density at radius 3 is 2.80 bits per heavy atom. The van der Waals surface area contributed by atoms with Gasteiger partial charge >= 0.3 is 0 Å². The van der Waals surface area contributed by atoms with Gasteiger partial charge in [-0.05, 0) is 30.2 Å². The molecule has 1 aromatic carbocycles. The van der Waals surface area contributed by atoms with Crippen molar-refractivity contribution in [2.75, 3.05) is 0 Å². The summed E-state index contributed by atoms with van der Waals surface area (Å²) in [7, 11) is 0. The van der Waals surface area contributed by atoms with E-state index in [1.54, 1.807) is 18.2 Å². The number of imide groups is 1. The lowest BCUT2D eigenvalue weighted by atomic mass is 9.94. The number of phenols is 1. The molecule has 0 radical (unpaired) electrons. The van der Waals surface area contributed by atoms with Crippen LogP contribution in [0.4, 0.5) is 0 Å². The molecule has 1 fully saturated rings. The number of benzene rings is 1. The molecule has 0 aromatic heterocycles. The van der Waals surface area contributed by atoms with Crippen molar-refractivity contribution in [3.05, 3.63) is 41.0 Å². The first-order chi connectivity index (χ1) is 9.54. The predicted molar refractivity (Wildman–Crippen MR) is 70.1 cm³/mol. The van der Waals surface area contributed by atoms with Crippen molar-refractivity contribution in [3.8, 4) is 5.75 Å². The molecule has 1 aromatic rings. The van der Waals surface area contributed by atoms with Crippen molar-refractivity contribution in [1.82, 2.24) is 5.32 Å². The summed E-state index contributed by atoms with van der Waals surface area (Å²) in [6.45, 7) is 0. The highest BCUT2D eigenvalue weighted by molar-refractivity contribution is 6.13. The summed E-state index contributed by atoms with van der Waals surface area (Å²) in [5.41, 5.74) is 1.90. The Balaban J connectivity index is 1.86. The van der Waals surface area contributed by atoms with Gasteiger partial charge in [0.05, 0.1) is 5.92 Å². The molecule has 102 valence electrons. The van der Waals surface area contributed by atoms with Crippen LogP contribution in [0.3, 0.4) is 0 Å². The van der Waals surface area contributed by atoms with Crippen LogP contribution in [0.5, 0.6) is 5.75 Å². The van der Waals surface area contributed by atoms with E-state index < -0.39 is 5.92 Å². The van der Waals surface area contributed by atoms with Gasteiger partial charge in [0.2, 0.25) is 11.8 Å². The number of hydrogen-bond acceptors (Lipinski definition) is 4. The van der Waals surface area contributed by atoms with Crippen molar-refractivity contribution < 1.29 is 19.5 Å². The summed E-state index contributed by atoms with van der Waals surface area (Å²) in [6, 6.07) is 4.64. The van der Waals surface area contributed by atoms with Gasteiger partial charge < -0.3 is 5.11 Å². The van der Waals surface area contributed by atoms with Crippen LogP contribution >= 0.6 is 0 Å². The monoisotopic (exact) mass is 271 g/mol. The van der Waals surface area contributed by atoms with Crippen molar-refractivity contribution >= 4 is 17.6 Å². The van der Waals surface area contributed by atoms with E-state index in [9.17, 15) is 19.5 Å². The number of piperidine rings is 1. The summed E-state index contributed by atoms with van der Waals surface area (Å²) in [4.78, 5) is 35.0. The quantitative estimate of drug-likeness (QED) is 0.592. The second-order valence-corrected chi connectivity index (χ2v) is 5.10. The molecule has 2 amide bonds. The van der Waals surface area contributed by atoms with Crippen LogP contribution in [0.1, 0.15) is 28.8 Å². The number of carbonyl (C=O) groups is 3. The minimum absolute atomic E-state index is 0.107. The molecule has 1 atom stereocenters. The third-order valence-electron chi connectivity index (χ3n) is 3.69. The van der Waals surface area contributed by atoms with Crippen LogP contribution < -0.4 is 5.32 Å². The van der Waals surface area contributed by atoms with Gasteiger partial charge in [-0.1, -0.05) is 6.08 Å². The van der Waals surface area contributed by atoms with Gasteiger partial charge in [0, 0.05) is 24.0 Å². The lowest BCUT2D eigenvalue weighted by Crippen LogP contribution is -2.40. The van der Waals surface area contributed by atoms with Crippen molar-refractivity contribution in [3.63, 3.8) is 0 Å². The minimum Gasteiger partial charge on any atom is -0.508 e. The molecule has 0 bridgehead atoms. The van der Waals surface area contributed by atoms with Crippen LogP contribution in [0, 0.1) is 5.92 Å². The van der Waals surface area contributed by atoms with E-state index in [2.05, 4.69) is 5.32 Å². The van der Waals surface area contributed by atoms with Gasteiger partial charge in [-0.25, -0.2) is 0 Å². The first kappa shape index (κ1) is 12.6. The molecule has 0 saturated carbocycles. The molecule has 1 heterocycles. The molecule has 2 N–H and O–H groups in total. The zero-order valence-corrected chi connectivity index (χ0v) is 10.7. The lowest BCUT2D eigenvalue weighted by molar-refractivity contribution is -0.135. The first-order valence-corrected chi connectivity index (χ1v) is 6.45. The Morgan fingerprint density at radius 2 is 2.05 bits per heavy atom. The van der Waals surface area contributed by atoms with Gasteiger partial charge in [-0.2, -0.15) is 0 Å². The number of Topliss-reactive ketones (excluding diaryl/α,β-unsaturated/α-hetero) is 1. The smallest absolute Gasteiger partial charge is 0.233 e. The Bertz CT molecular complexity index is 660. The van der Waals surface area contributed by atoms with E-state index in [0.29, 0.717) is 30.4 Å². The Hall–Kier alpha value is -2.43. The number of fused-ring (bicyclic) bond motifs is 1. The number of hydrogen-bond donors (Lipinski definition) is 2. The first-order valence-electron chi connectivity index (χ1n) is 6.45. The zero-order chi connectivity index (χ0) is 14.3. The molecule has 20 heavy (non-hydrogen) atoms. The van der Waals surface area contributed by atoms with E-state index in [1.165, 1.54) is 6.07 Å². The molecule has 0 spiro atoms. The van der Waals surface area contributed by atoms with Gasteiger partial charge in [0.15, 0.2) is 5.78 Å². The van der Waals surface area contributed by atoms with Gasteiger partial charge in [0.1, 0.15) is 5.75 Å². The highest BCUT2D eigenvalue weighted by Gasteiger charge is 2.30. The van der Waals surface area contributed by atoms with Gasteiger partial charge in [-0.3, -0.25) is 19.7 Å². The number of nitrogens with one attached hydrogen (secondary N) is 1. The topological polar surface area (TPSA) is 83.5 Å². The lowest BCUT2D eigenvalue weighted by Gasteiger charge is -2.18. The Labute approximate surface area is 115 Å². The molecule has 1 aliphatic heterocycles. The molecule has 2 aliphatic rings. The predicted octanol–water partition coefficient (Wildman–Crippen LogP) is 1.11. The molecular formula is C15H13NO4. The van der Waals surface area contributed by atoms with Crippen molar-refractivity contribution in [2.45, 2.75) is 19.3 Å². The fourth-order valence-electron chi connectivity index (χ4n) is 2.65. The number of amides is 2. The van der Waals surface area contributed by atoms with E-state index >= 15 is 0 Å². The van der Waals surface area contributed by atoms with Crippen LogP contribution in [-0.4, -0.2) is 22.7 Å². The van der Waals surface area contributed by atoms with E-state index in [4.69, 9.17) is 0 Å². The molecule has 5 heteroatoms. The van der Waals surface area contributed by atoms with Crippen LogP contribution in [-0.2, 0) is 16.0 Å². The third kappa shape index (κ3) is 2.11. The number of ketones is 1. The van der Waals surface area contributed by atoms with Crippen LogP contribution in [0.2, 0.25) is 0 Å². The number of allylic oxidation sites excluding steroid dienone is 1. The van der Waals surface area contributed by atoms with Gasteiger partial charge in [-0.15, -0.1) is 0 Å².